The number of hydrogen-bond acceptors (Lipinski definition) is 3. The van der Waals surface area contributed by atoms with Crippen molar-refractivity contribution in [1.82, 2.24) is 0 Å². The second-order valence-electron chi connectivity index (χ2n) is 5.12. The average Bonchev–Trinajstić information content (AvgIpc) is 2.42. The molecule has 0 radical (unpaired) electrons. The van der Waals surface area contributed by atoms with Gasteiger partial charge in [-0.3, -0.25) is 4.79 Å². The van der Waals surface area contributed by atoms with E-state index in [2.05, 4.69) is 5.32 Å². The van der Waals surface area contributed by atoms with Crippen LogP contribution in [-0.2, 0) is 11.4 Å². The highest BCUT2D eigenvalue weighted by molar-refractivity contribution is 7.99. The van der Waals surface area contributed by atoms with Gasteiger partial charge in [0.15, 0.2) is 0 Å². The molecule has 1 heterocycles. The van der Waals surface area contributed by atoms with Crippen molar-refractivity contribution in [2.24, 2.45) is 5.92 Å². The topological polar surface area (TPSA) is 49.3 Å². The summed E-state index contributed by atoms with van der Waals surface area (Å²) in [4.78, 5) is 12.1. The number of hydrogen-bond donors (Lipinski definition) is 2. The van der Waals surface area contributed by atoms with Crippen LogP contribution >= 0.6 is 11.8 Å². The lowest BCUT2D eigenvalue weighted by atomic mass is 9.98. The van der Waals surface area contributed by atoms with E-state index in [9.17, 15) is 4.79 Å². The lowest BCUT2D eigenvalue weighted by Gasteiger charge is -2.21. The summed E-state index contributed by atoms with van der Waals surface area (Å²) in [6.45, 7) is 1.97. The van der Waals surface area contributed by atoms with E-state index in [4.69, 9.17) is 5.11 Å². The van der Waals surface area contributed by atoms with E-state index < -0.39 is 0 Å². The maximum absolute atomic E-state index is 12.1. The van der Waals surface area contributed by atoms with Gasteiger partial charge in [0.05, 0.1) is 6.61 Å². The number of nitrogens with one attached hydrogen (secondary N) is 1. The van der Waals surface area contributed by atoms with Crippen molar-refractivity contribution in [3.8, 4) is 0 Å². The van der Waals surface area contributed by atoms with Gasteiger partial charge in [-0.2, -0.15) is 11.8 Å². The fourth-order valence-electron chi connectivity index (χ4n) is 2.32. The third-order valence-electron chi connectivity index (χ3n) is 3.57. The molecule has 0 unspecified atom stereocenters. The van der Waals surface area contributed by atoms with E-state index in [1.165, 1.54) is 11.5 Å². The minimum absolute atomic E-state index is 0.00297. The fourth-order valence-corrected chi connectivity index (χ4v) is 3.52. The third kappa shape index (κ3) is 4.25. The first-order chi connectivity index (χ1) is 9.19. The lowest BCUT2D eigenvalue weighted by Crippen LogP contribution is -2.20. The molecule has 0 saturated carbocycles. The maximum Gasteiger partial charge on any atom is 0.224 e. The van der Waals surface area contributed by atoms with Crippen LogP contribution in [0.1, 0.15) is 30.4 Å². The molecule has 2 rings (SSSR count). The van der Waals surface area contributed by atoms with Crippen LogP contribution in [0.25, 0.3) is 0 Å². The molecule has 1 aliphatic rings. The van der Waals surface area contributed by atoms with Crippen LogP contribution in [0.5, 0.6) is 0 Å². The van der Waals surface area contributed by atoms with Gasteiger partial charge in [-0.15, -0.1) is 0 Å². The zero-order chi connectivity index (χ0) is 13.7. The Balaban J connectivity index is 1.94. The van der Waals surface area contributed by atoms with Crippen LogP contribution in [0.4, 0.5) is 5.69 Å². The van der Waals surface area contributed by atoms with Gasteiger partial charge < -0.3 is 10.4 Å². The summed E-state index contributed by atoms with van der Waals surface area (Å²) in [5.41, 5.74) is 2.68. The Bertz CT molecular complexity index is 442. The summed E-state index contributed by atoms with van der Waals surface area (Å²) in [5, 5.41) is 12.1. The van der Waals surface area contributed by atoms with Crippen molar-refractivity contribution in [1.29, 1.82) is 0 Å². The van der Waals surface area contributed by atoms with Crippen molar-refractivity contribution in [3.05, 3.63) is 29.3 Å². The largest absolute Gasteiger partial charge is 0.392 e. The van der Waals surface area contributed by atoms with E-state index in [0.717, 1.165) is 29.7 Å². The molecule has 4 heteroatoms. The number of aliphatic hydroxyl groups is 1. The molecule has 1 aromatic carbocycles. The van der Waals surface area contributed by atoms with Gasteiger partial charge in [-0.25, -0.2) is 0 Å². The zero-order valence-corrected chi connectivity index (χ0v) is 12.1. The zero-order valence-electron chi connectivity index (χ0n) is 11.3. The van der Waals surface area contributed by atoms with Gasteiger partial charge in [-0.1, -0.05) is 12.1 Å². The van der Waals surface area contributed by atoms with Crippen molar-refractivity contribution >= 4 is 23.4 Å². The van der Waals surface area contributed by atoms with Crippen molar-refractivity contribution < 1.29 is 9.90 Å². The van der Waals surface area contributed by atoms with Crippen LogP contribution in [0.2, 0.25) is 0 Å². The predicted octanol–water partition coefficient (Wildman–Crippen LogP) is 2.96. The van der Waals surface area contributed by atoms with Crippen LogP contribution in [0, 0.1) is 12.8 Å². The minimum Gasteiger partial charge on any atom is -0.392 e. The Morgan fingerprint density at radius 2 is 2.16 bits per heavy atom. The van der Waals surface area contributed by atoms with Crippen molar-refractivity contribution in [2.45, 2.75) is 32.8 Å². The fraction of sp³-hybridized carbons (Fsp3) is 0.533. The summed E-state index contributed by atoms with van der Waals surface area (Å²) in [5.74, 6) is 2.98. The summed E-state index contributed by atoms with van der Waals surface area (Å²) in [6, 6.07) is 5.66. The molecular formula is C15H21NO2S. The summed E-state index contributed by atoms with van der Waals surface area (Å²) < 4.78 is 0. The molecule has 0 atom stereocenters. The molecule has 0 spiro atoms. The highest BCUT2D eigenvalue weighted by atomic mass is 32.2. The third-order valence-corrected chi connectivity index (χ3v) is 4.62. The van der Waals surface area contributed by atoms with Crippen molar-refractivity contribution in [2.75, 3.05) is 16.8 Å². The molecule has 2 N–H and O–H groups in total. The molecule has 0 aliphatic carbocycles. The first-order valence-corrected chi connectivity index (χ1v) is 7.92. The smallest absolute Gasteiger partial charge is 0.224 e. The predicted molar refractivity (Wildman–Crippen MR) is 80.4 cm³/mol. The first kappa shape index (κ1) is 14.4. The number of thioether (sulfide) groups is 1. The molecule has 1 amide bonds. The highest BCUT2D eigenvalue weighted by Crippen LogP contribution is 2.26. The van der Waals surface area contributed by atoms with Gasteiger partial charge >= 0.3 is 0 Å². The Morgan fingerprint density at radius 3 is 2.84 bits per heavy atom. The normalized spacial score (nSPS) is 16.3. The molecular weight excluding hydrogens is 258 g/mol. The molecule has 1 fully saturated rings. The second-order valence-corrected chi connectivity index (χ2v) is 6.34. The average molecular weight is 279 g/mol. The van der Waals surface area contributed by atoms with Gasteiger partial charge in [0.25, 0.3) is 0 Å². The standard InChI is InChI=1S/C15H21NO2S/c1-11-2-3-13(10-17)8-14(11)16-15(18)9-12-4-6-19-7-5-12/h2-3,8,12,17H,4-7,9-10H2,1H3,(H,16,18). The van der Waals surface area contributed by atoms with Gasteiger partial charge in [0.1, 0.15) is 0 Å². The Labute approximate surface area is 118 Å². The molecule has 1 aliphatic heterocycles. The Kier molecular flexibility index (Phi) is 5.28. The number of carbonyl (C=O) groups is 1. The van der Waals surface area contributed by atoms with Crippen LogP contribution in [0.3, 0.4) is 0 Å². The SMILES string of the molecule is Cc1ccc(CO)cc1NC(=O)CC1CCSCC1. The first-order valence-electron chi connectivity index (χ1n) is 6.77. The monoisotopic (exact) mass is 279 g/mol. The number of anilines is 1. The summed E-state index contributed by atoms with van der Waals surface area (Å²) >= 11 is 1.98. The van der Waals surface area contributed by atoms with E-state index in [1.807, 2.05) is 36.9 Å². The Morgan fingerprint density at radius 1 is 1.42 bits per heavy atom. The number of amides is 1. The molecule has 3 nitrogen and oxygen atoms in total. The molecule has 1 aromatic rings. The lowest BCUT2D eigenvalue weighted by molar-refractivity contribution is -0.117. The second kappa shape index (κ2) is 6.96. The molecule has 0 aromatic heterocycles. The Hall–Kier alpha value is -1.000. The minimum atomic E-state index is 0.00297. The maximum atomic E-state index is 12.1. The highest BCUT2D eigenvalue weighted by Gasteiger charge is 2.17. The van der Waals surface area contributed by atoms with E-state index >= 15 is 0 Å². The number of aliphatic hydroxyl groups excluding tert-OH is 1. The number of benzene rings is 1. The summed E-state index contributed by atoms with van der Waals surface area (Å²) in [7, 11) is 0. The van der Waals surface area contributed by atoms with Crippen molar-refractivity contribution in [3.63, 3.8) is 0 Å². The van der Waals surface area contributed by atoms with Crippen LogP contribution in [0.15, 0.2) is 18.2 Å². The molecule has 0 bridgehead atoms. The van der Waals surface area contributed by atoms with Gasteiger partial charge in [0, 0.05) is 12.1 Å². The van der Waals surface area contributed by atoms with E-state index in [-0.39, 0.29) is 12.5 Å². The quantitative estimate of drug-likeness (QED) is 0.891. The van der Waals surface area contributed by atoms with Crippen LogP contribution < -0.4 is 5.32 Å². The number of carbonyl (C=O) groups excluding carboxylic acids is 1. The van der Waals surface area contributed by atoms with Gasteiger partial charge in [-0.05, 0) is 54.4 Å². The molecule has 1 saturated heterocycles. The van der Waals surface area contributed by atoms with Crippen LogP contribution in [-0.4, -0.2) is 22.5 Å². The molecule has 19 heavy (non-hydrogen) atoms. The van der Waals surface area contributed by atoms with E-state index in [0.29, 0.717) is 12.3 Å². The molecule has 104 valence electrons. The number of aryl methyl sites for hydroxylation is 1. The van der Waals surface area contributed by atoms with E-state index in [1.54, 1.807) is 0 Å². The number of rotatable bonds is 4. The summed E-state index contributed by atoms with van der Waals surface area (Å²) in [6.07, 6.45) is 2.91. The van der Waals surface area contributed by atoms with Gasteiger partial charge in [0.2, 0.25) is 5.91 Å².